The molecule has 0 saturated carbocycles. The number of benzene rings is 4. The Morgan fingerprint density at radius 3 is 2.42 bits per heavy atom. The highest BCUT2D eigenvalue weighted by Crippen LogP contribution is 2.62. The summed E-state index contributed by atoms with van der Waals surface area (Å²) in [4.78, 5) is 46.1. The molecule has 5 nitrogen and oxygen atoms in total. The van der Waals surface area contributed by atoms with Gasteiger partial charge < -0.3 is 10.2 Å². The Morgan fingerprint density at radius 2 is 1.65 bits per heavy atom. The van der Waals surface area contributed by atoms with Crippen molar-refractivity contribution in [3.05, 3.63) is 141 Å². The standard InChI is InChI=1S/C36H28Cl2N2O3/c1-2-7-21-12-14-23(15-13-21)32(41)30-31(33(42)26-17-16-24(37)20-28(26)38)40-19-18-22-8-3-4-9-25(22)34(40)36(30)27-10-5-6-11-29(27)39-35(36)43/h3-6,8-20,30-31,34H,2,7H2,1H3,(H,39,43)/t30-,31-,34+,36+/m0/s1. The van der Waals surface area contributed by atoms with Gasteiger partial charge in [-0.25, -0.2) is 0 Å². The van der Waals surface area contributed by atoms with Crippen LogP contribution < -0.4 is 5.32 Å². The lowest BCUT2D eigenvalue weighted by Gasteiger charge is -2.38. The zero-order chi connectivity index (χ0) is 29.9. The summed E-state index contributed by atoms with van der Waals surface area (Å²) in [6.07, 6.45) is 5.67. The van der Waals surface area contributed by atoms with Crippen LogP contribution in [0, 0.1) is 5.92 Å². The van der Waals surface area contributed by atoms with Gasteiger partial charge in [0.25, 0.3) is 0 Å². The number of rotatable bonds is 6. The first-order chi connectivity index (χ1) is 20.9. The molecule has 4 aromatic carbocycles. The number of carbonyl (C=O) groups is 3. The molecule has 1 amide bonds. The Labute approximate surface area is 260 Å². The molecule has 4 atom stereocenters. The molecule has 0 bridgehead atoms. The fourth-order valence-electron chi connectivity index (χ4n) is 7.32. The fourth-order valence-corrected chi connectivity index (χ4v) is 7.82. The molecule has 0 unspecified atom stereocenters. The molecule has 3 aliphatic rings. The van der Waals surface area contributed by atoms with Crippen molar-refractivity contribution in [2.24, 2.45) is 5.92 Å². The number of Topliss-reactive ketones (excluding diaryl/α,β-unsaturated/α-hetero) is 2. The minimum atomic E-state index is -1.39. The van der Waals surface area contributed by atoms with Crippen molar-refractivity contribution in [1.29, 1.82) is 0 Å². The lowest BCUT2D eigenvalue weighted by Crippen LogP contribution is -2.49. The maximum atomic E-state index is 14.9. The van der Waals surface area contributed by atoms with Crippen LogP contribution in [0.3, 0.4) is 0 Å². The van der Waals surface area contributed by atoms with E-state index in [1.807, 2.05) is 90.0 Å². The molecule has 214 valence electrons. The molecule has 1 spiro atoms. The van der Waals surface area contributed by atoms with Gasteiger partial charge in [-0.15, -0.1) is 0 Å². The monoisotopic (exact) mass is 606 g/mol. The topological polar surface area (TPSA) is 66.5 Å². The maximum Gasteiger partial charge on any atom is 0.238 e. The summed E-state index contributed by atoms with van der Waals surface area (Å²) in [6, 6.07) is 26.0. The van der Waals surface area contributed by atoms with E-state index in [4.69, 9.17) is 23.2 Å². The number of hydrogen-bond acceptors (Lipinski definition) is 4. The Hall–Kier alpha value is -4.19. The van der Waals surface area contributed by atoms with Crippen molar-refractivity contribution in [2.45, 2.75) is 37.3 Å². The first kappa shape index (κ1) is 27.6. The van der Waals surface area contributed by atoms with E-state index < -0.39 is 23.4 Å². The van der Waals surface area contributed by atoms with Crippen LogP contribution in [0.25, 0.3) is 6.08 Å². The zero-order valence-corrected chi connectivity index (χ0v) is 24.9. The van der Waals surface area contributed by atoms with Crippen LogP contribution in [0.5, 0.6) is 0 Å². The van der Waals surface area contributed by atoms with Crippen molar-refractivity contribution in [3.63, 3.8) is 0 Å². The number of carbonyl (C=O) groups excluding carboxylic acids is 3. The van der Waals surface area contributed by atoms with Crippen LogP contribution in [-0.4, -0.2) is 28.4 Å². The van der Waals surface area contributed by atoms with Gasteiger partial charge in [0.2, 0.25) is 5.91 Å². The zero-order valence-electron chi connectivity index (χ0n) is 23.4. The molecule has 43 heavy (non-hydrogen) atoms. The minimum absolute atomic E-state index is 0.197. The molecule has 7 heteroatoms. The summed E-state index contributed by atoms with van der Waals surface area (Å²) in [5.74, 6) is -1.97. The predicted octanol–water partition coefficient (Wildman–Crippen LogP) is 7.93. The molecule has 3 heterocycles. The Kier molecular flexibility index (Phi) is 6.76. The van der Waals surface area contributed by atoms with Gasteiger partial charge in [0, 0.05) is 28.0 Å². The number of nitrogens with zero attached hydrogens (tertiary/aromatic N) is 1. The van der Waals surface area contributed by atoms with Gasteiger partial charge in [-0.2, -0.15) is 0 Å². The van der Waals surface area contributed by atoms with E-state index in [0.29, 0.717) is 21.8 Å². The molecule has 4 aromatic rings. The summed E-state index contributed by atoms with van der Waals surface area (Å²) in [5, 5.41) is 3.68. The SMILES string of the molecule is CCCc1ccc(C(=O)[C@@H]2[C@@H](C(=O)c3ccc(Cl)cc3Cl)N3C=Cc4ccccc4[C@@H]3[C@]23C(=O)Nc2ccccc23)cc1. The average molecular weight is 608 g/mol. The molecular formula is C36H28Cl2N2O3. The third-order valence-corrected chi connectivity index (χ3v) is 9.64. The lowest BCUT2D eigenvalue weighted by atomic mass is 9.62. The van der Waals surface area contributed by atoms with E-state index in [0.717, 1.165) is 29.5 Å². The average Bonchev–Trinajstić information content (AvgIpc) is 3.49. The van der Waals surface area contributed by atoms with Gasteiger partial charge in [-0.05, 0) is 59.0 Å². The summed E-state index contributed by atoms with van der Waals surface area (Å²) in [6.45, 7) is 2.11. The van der Waals surface area contributed by atoms with Crippen molar-refractivity contribution in [3.8, 4) is 0 Å². The Morgan fingerprint density at radius 1 is 0.907 bits per heavy atom. The number of hydrogen-bond donors (Lipinski definition) is 1. The van der Waals surface area contributed by atoms with E-state index in [1.165, 1.54) is 6.07 Å². The van der Waals surface area contributed by atoms with E-state index in [2.05, 4.69) is 12.2 Å². The highest BCUT2D eigenvalue weighted by molar-refractivity contribution is 6.37. The predicted molar refractivity (Wildman–Crippen MR) is 170 cm³/mol. The summed E-state index contributed by atoms with van der Waals surface area (Å²) >= 11 is 12.8. The number of fused-ring (bicyclic) bond motifs is 6. The van der Waals surface area contributed by atoms with Crippen LogP contribution >= 0.6 is 23.2 Å². The van der Waals surface area contributed by atoms with Gasteiger partial charge in [0.05, 0.1) is 17.0 Å². The van der Waals surface area contributed by atoms with Crippen LogP contribution in [0.2, 0.25) is 10.0 Å². The van der Waals surface area contributed by atoms with Crippen molar-refractivity contribution in [1.82, 2.24) is 4.90 Å². The number of amides is 1. The first-order valence-electron chi connectivity index (χ1n) is 14.4. The van der Waals surface area contributed by atoms with Crippen molar-refractivity contribution in [2.75, 3.05) is 5.32 Å². The molecule has 3 aliphatic heterocycles. The number of halogens is 2. The summed E-state index contributed by atoms with van der Waals surface area (Å²) in [5.41, 5.74) is 3.61. The Bertz CT molecular complexity index is 1830. The van der Waals surface area contributed by atoms with Crippen molar-refractivity contribution >= 4 is 52.4 Å². The molecule has 0 radical (unpaired) electrons. The van der Waals surface area contributed by atoms with E-state index >= 15 is 0 Å². The molecular weight excluding hydrogens is 579 g/mol. The largest absolute Gasteiger partial charge is 0.358 e. The van der Waals surface area contributed by atoms with Gasteiger partial charge in [-0.1, -0.05) is 103 Å². The van der Waals surface area contributed by atoms with Crippen LogP contribution in [0.4, 0.5) is 5.69 Å². The second kappa shape index (κ2) is 10.5. The van der Waals surface area contributed by atoms with Gasteiger partial charge >= 0.3 is 0 Å². The van der Waals surface area contributed by atoms with Crippen molar-refractivity contribution < 1.29 is 14.4 Å². The molecule has 1 saturated heterocycles. The van der Waals surface area contributed by atoms with Crippen LogP contribution in [0.1, 0.15) is 62.4 Å². The minimum Gasteiger partial charge on any atom is -0.358 e. The molecule has 1 N–H and O–H groups in total. The maximum absolute atomic E-state index is 14.9. The first-order valence-corrected chi connectivity index (χ1v) is 15.2. The number of anilines is 1. The highest BCUT2D eigenvalue weighted by Gasteiger charge is 2.70. The Balaban J connectivity index is 1.51. The fraction of sp³-hybridized carbons (Fsp3) is 0.194. The summed E-state index contributed by atoms with van der Waals surface area (Å²) in [7, 11) is 0. The van der Waals surface area contributed by atoms with Gasteiger partial charge in [0.15, 0.2) is 11.6 Å². The highest BCUT2D eigenvalue weighted by atomic mass is 35.5. The quantitative estimate of drug-likeness (QED) is 0.226. The van der Waals surface area contributed by atoms with E-state index in [1.54, 1.807) is 12.1 Å². The van der Waals surface area contributed by atoms with Gasteiger partial charge in [0.1, 0.15) is 11.5 Å². The third kappa shape index (κ3) is 4.10. The molecule has 0 aromatic heterocycles. The second-order valence-corrected chi connectivity index (χ2v) is 12.2. The second-order valence-electron chi connectivity index (χ2n) is 11.4. The molecule has 0 aliphatic carbocycles. The number of ketones is 2. The van der Waals surface area contributed by atoms with Gasteiger partial charge in [-0.3, -0.25) is 14.4 Å². The molecule has 7 rings (SSSR count). The number of aryl methyl sites for hydroxylation is 1. The number of para-hydroxylation sites is 1. The van der Waals surface area contributed by atoms with E-state index in [-0.39, 0.29) is 28.1 Å². The van der Waals surface area contributed by atoms with Crippen LogP contribution in [0.15, 0.2) is 97.2 Å². The number of nitrogens with one attached hydrogen (secondary N) is 1. The van der Waals surface area contributed by atoms with Crippen LogP contribution in [-0.2, 0) is 16.6 Å². The smallest absolute Gasteiger partial charge is 0.238 e. The summed E-state index contributed by atoms with van der Waals surface area (Å²) < 4.78 is 0. The lowest BCUT2D eigenvalue weighted by molar-refractivity contribution is -0.122. The normalized spacial score (nSPS) is 23.1. The van der Waals surface area contributed by atoms with E-state index in [9.17, 15) is 14.4 Å². The molecule has 1 fully saturated rings. The third-order valence-electron chi connectivity index (χ3n) is 9.10.